The summed E-state index contributed by atoms with van der Waals surface area (Å²) in [5.41, 5.74) is 0.859. The van der Waals surface area contributed by atoms with Crippen molar-refractivity contribution in [3.8, 4) is 5.69 Å². The van der Waals surface area contributed by atoms with E-state index in [4.69, 9.17) is 23.2 Å². The lowest BCUT2D eigenvalue weighted by Gasteiger charge is -2.16. The van der Waals surface area contributed by atoms with Gasteiger partial charge in [-0.2, -0.15) is 0 Å². The molecule has 2 aromatic rings. The molecule has 0 aliphatic carbocycles. The van der Waals surface area contributed by atoms with Gasteiger partial charge in [-0.3, -0.25) is 4.79 Å². The zero-order valence-electron chi connectivity index (χ0n) is 10.6. The number of carbonyl (C=O) groups is 1. The Morgan fingerprint density at radius 3 is 2.45 bits per heavy atom. The van der Waals surface area contributed by atoms with Gasteiger partial charge in [0.15, 0.2) is 5.69 Å². The van der Waals surface area contributed by atoms with Gasteiger partial charge >= 0.3 is 0 Å². The fourth-order valence-corrected chi connectivity index (χ4v) is 2.88. The topological polar surface area (TPSA) is 51.0 Å². The second kappa shape index (κ2) is 5.42. The minimum Gasteiger partial charge on any atom is -0.337 e. The molecule has 1 aromatic carbocycles. The van der Waals surface area contributed by atoms with Gasteiger partial charge in [0, 0.05) is 13.1 Å². The fourth-order valence-electron chi connectivity index (χ4n) is 2.32. The molecule has 1 aromatic heterocycles. The third-order valence-electron chi connectivity index (χ3n) is 3.31. The van der Waals surface area contributed by atoms with Crippen LogP contribution in [0.4, 0.5) is 0 Å². The summed E-state index contributed by atoms with van der Waals surface area (Å²) < 4.78 is 1.41. The van der Waals surface area contributed by atoms with Crippen molar-refractivity contribution in [2.45, 2.75) is 12.8 Å². The van der Waals surface area contributed by atoms with Gasteiger partial charge < -0.3 is 4.90 Å². The third kappa shape index (κ3) is 2.27. The van der Waals surface area contributed by atoms with E-state index in [1.807, 2.05) is 0 Å². The van der Waals surface area contributed by atoms with Gasteiger partial charge in [0.05, 0.1) is 16.2 Å². The van der Waals surface area contributed by atoms with Crippen molar-refractivity contribution in [1.82, 2.24) is 19.9 Å². The summed E-state index contributed by atoms with van der Waals surface area (Å²) in [5, 5.41) is 8.63. The van der Waals surface area contributed by atoms with Crippen molar-refractivity contribution in [3.05, 3.63) is 40.1 Å². The average molecular weight is 311 g/mol. The molecule has 1 aliphatic rings. The van der Waals surface area contributed by atoms with Crippen molar-refractivity contribution in [2.75, 3.05) is 13.1 Å². The van der Waals surface area contributed by atoms with Crippen LogP contribution in [0.25, 0.3) is 5.69 Å². The molecule has 5 nitrogen and oxygen atoms in total. The number of para-hydroxylation sites is 1. The summed E-state index contributed by atoms with van der Waals surface area (Å²) in [6.07, 6.45) is 3.50. The third-order valence-corrected chi connectivity index (χ3v) is 3.92. The van der Waals surface area contributed by atoms with Crippen LogP contribution in [0.15, 0.2) is 24.4 Å². The molecule has 104 valence electrons. The van der Waals surface area contributed by atoms with E-state index in [-0.39, 0.29) is 5.91 Å². The van der Waals surface area contributed by atoms with Gasteiger partial charge in [-0.05, 0) is 25.0 Å². The Morgan fingerprint density at radius 1 is 1.15 bits per heavy atom. The van der Waals surface area contributed by atoms with Crippen LogP contribution in [0.3, 0.4) is 0 Å². The van der Waals surface area contributed by atoms with E-state index in [0.717, 1.165) is 25.9 Å². The molecule has 1 aliphatic heterocycles. The van der Waals surface area contributed by atoms with E-state index >= 15 is 0 Å². The number of halogens is 2. The molecule has 1 saturated heterocycles. The van der Waals surface area contributed by atoms with Crippen LogP contribution in [-0.4, -0.2) is 38.9 Å². The van der Waals surface area contributed by atoms with Crippen LogP contribution < -0.4 is 0 Å². The Labute approximate surface area is 126 Å². The zero-order chi connectivity index (χ0) is 14.1. The lowest BCUT2D eigenvalue weighted by molar-refractivity contribution is 0.0784. The summed E-state index contributed by atoms with van der Waals surface area (Å²) >= 11 is 12.3. The SMILES string of the molecule is O=C(c1cnnn1-c1c(Cl)cccc1Cl)N1CCCC1. The largest absolute Gasteiger partial charge is 0.337 e. The van der Waals surface area contributed by atoms with Crippen molar-refractivity contribution >= 4 is 29.1 Å². The molecule has 1 fully saturated rings. The number of aromatic nitrogens is 3. The molecular weight excluding hydrogens is 299 g/mol. The van der Waals surface area contributed by atoms with Gasteiger partial charge in [-0.25, -0.2) is 4.68 Å². The summed E-state index contributed by atoms with van der Waals surface area (Å²) in [7, 11) is 0. The van der Waals surface area contributed by atoms with Crippen molar-refractivity contribution < 1.29 is 4.79 Å². The Hall–Kier alpha value is -1.59. The molecule has 7 heteroatoms. The first-order valence-corrected chi connectivity index (χ1v) is 7.08. The molecule has 0 saturated carbocycles. The van der Waals surface area contributed by atoms with Crippen LogP contribution in [0, 0.1) is 0 Å². The highest BCUT2D eigenvalue weighted by molar-refractivity contribution is 6.37. The number of benzene rings is 1. The van der Waals surface area contributed by atoms with Crippen molar-refractivity contribution in [1.29, 1.82) is 0 Å². The van der Waals surface area contributed by atoms with E-state index in [1.54, 1.807) is 23.1 Å². The molecule has 3 rings (SSSR count). The molecule has 0 radical (unpaired) electrons. The van der Waals surface area contributed by atoms with Crippen molar-refractivity contribution in [2.24, 2.45) is 0 Å². The van der Waals surface area contributed by atoms with E-state index in [1.165, 1.54) is 10.9 Å². The number of hydrogen-bond acceptors (Lipinski definition) is 3. The highest BCUT2D eigenvalue weighted by atomic mass is 35.5. The summed E-state index contributed by atoms with van der Waals surface area (Å²) in [5.74, 6) is -0.0940. The second-order valence-corrected chi connectivity index (χ2v) is 5.42. The lowest BCUT2D eigenvalue weighted by Crippen LogP contribution is -2.29. The second-order valence-electron chi connectivity index (χ2n) is 4.60. The quantitative estimate of drug-likeness (QED) is 0.857. The van der Waals surface area contributed by atoms with Gasteiger partial charge in [-0.1, -0.05) is 34.5 Å². The average Bonchev–Trinajstić information content (AvgIpc) is 3.09. The molecule has 0 unspecified atom stereocenters. The Balaban J connectivity index is 2.04. The van der Waals surface area contributed by atoms with Crippen LogP contribution >= 0.6 is 23.2 Å². The molecule has 0 bridgehead atoms. The Morgan fingerprint density at radius 2 is 1.80 bits per heavy atom. The number of carbonyl (C=O) groups excluding carboxylic acids is 1. The maximum absolute atomic E-state index is 12.5. The van der Waals surface area contributed by atoms with E-state index in [2.05, 4.69) is 10.3 Å². The summed E-state index contributed by atoms with van der Waals surface area (Å²) in [6, 6.07) is 5.15. The van der Waals surface area contributed by atoms with E-state index in [0.29, 0.717) is 21.4 Å². The van der Waals surface area contributed by atoms with E-state index < -0.39 is 0 Å². The zero-order valence-corrected chi connectivity index (χ0v) is 12.1. The highest BCUT2D eigenvalue weighted by Gasteiger charge is 2.25. The predicted octanol–water partition coefficient (Wildman–Crippen LogP) is 2.81. The molecule has 2 heterocycles. The van der Waals surface area contributed by atoms with Gasteiger partial charge in [0.2, 0.25) is 0 Å². The Kier molecular flexibility index (Phi) is 3.63. The molecule has 20 heavy (non-hydrogen) atoms. The smallest absolute Gasteiger partial charge is 0.274 e. The van der Waals surface area contributed by atoms with E-state index in [9.17, 15) is 4.79 Å². The molecule has 0 atom stereocenters. The first kappa shape index (κ1) is 13.4. The summed E-state index contributed by atoms with van der Waals surface area (Å²) in [6.45, 7) is 1.53. The van der Waals surface area contributed by atoms with Gasteiger partial charge in [-0.15, -0.1) is 5.10 Å². The van der Waals surface area contributed by atoms with Crippen LogP contribution in [0.1, 0.15) is 23.3 Å². The number of amides is 1. The number of nitrogens with zero attached hydrogens (tertiary/aromatic N) is 4. The number of hydrogen-bond donors (Lipinski definition) is 0. The number of likely N-dealkylation sites (tertiary alicyclic amines) is 1. The minimum atomic E-state index is -0.0940. The van der Waals surface area contributed by atoms with Crippen LogP contribution in [-0.2, 0) is 0 Å². The Bertz CT molecular complexity index is 629. The maximum Gasteiger partial charge on any atom is 0.274 e. The van der Waals surface area contributed by atoms with Crippen LogP contribution in [0.2, 0.25) is 10.0 Å². The normalized spacial score (nSPS) is 14.8. The molecule has 0 spiro atoms. The fraction of sp³-hybridized carbons (Fsp3) is 0.308. The number of rotatable bonds is 2. The monoisotopic (exact) mass is 310 g/mol. The lowest BCUT2D eigenvalue weighted by atomic mass is 10.3. The summed E-state index contributed by atoms with van der Waals surface area (Å²) in [4.78, 5) is 14.3. The first-order valence-electron chi connectivity index (χ1n) is 6.33. The standard InChI is InChI=1S/C13H12Cl2N4O/c14-9-4-3-5-10(15)12(9)19-11(8-16-17-19)13(20)18-6-1-2-7-18/h3-5,8H,1-2,6-7H2. The van der Waals surface area contributed by atoms with Gasteiger partial charge in [0.1, 0.15) is 5.69 Å². The minimum absolute atomic E-state index is 0.0940. The maximum atomic E-state index is 12.5. The predicted molar refractivity (Wildman–Crippen MR) is 76.5 cm³/mol. The van der Waals surface area contributed by atoms with Gasteiger partial charge in [0.25, 0.3) is 5.91 Å². The molecular formula is C13H12Cl2N4O. The van der Waals surface area contributed by atoms with Crippen molar-refractivity contribution in [3.63, 3.8) is 0 Å². The first-order chi connectivity index (χ1) is 9.68. The molecule has 0 N–H and O–H groups in total. The van der Waals surface area contributed by atoms with Crippen LogP contribution in [0.5, 0.6) is 0 Å². The highest BCUT2D eigenvalue weighted by Crippen LogP contribution is 2.29. The molecule has 1 amide bonds.